The maximum atomic E-state index is 6.39. The predicted octanol–water partition coefficient (Wildman–Crippen LogP) is 1.99. The number of nitrogens with two attached hydrogens (primary N) is 1. The van der Waals surface area contributed by atoms with Gasteiger partial charge >= 0.3 is 0 Å². The number of rotatable bonds is 0. The predicted molar refractivity (Wildman–Crippen MR) is 50.0 cm³/mol. The molecule has 0 saturated heterocycles. The van der Waals surface area contributed by atoms with E-state index in [4.69, 9.17) is 17.3 Å². The molecule has 0 aliphatic heterocycles. The van der Waals surface area contributed by atoms with Crippen LogP contribution in [-0.4, -0.2) is 11.4 Å². The minimum Gasteiger partial charge on any atom is -0.327 e. The van der Waals surface area contributed by atoms with Crippen LogP contribution in [0.4, 0.5) is 0 Å². The Hall–Kier alpha value is 0.250. The molecule has 6 atom stereocenters. The summed E-state index contributed by atoms with van der Waals surface area (Å²) in [5.41, 5.74) is 6.17. The van der Waals surface area contributed by atoms with Crippen molar-refractivity contribution < 1.29 is 0 Å². The first kappa shape index (κ1) is 7.64. The fourth-order valence-corrected chi connectivity index (χ4v) is 4.36. The molecule has 0 aromatic carbocycles. The number of halogens is 1. The van der Waals surface area contributed by atoms with Crippen molar-refractivity contribution in [1.29, 1.82) is 0 Å². The average molecular weight is 186 g/mol. The van der Waals surface area contributed by atoms with Crippen LogP contribution in [0.3, 0.4) is 0 Å². The van der Waals surface area contributed by atoms with Gasteiger partial charge in [-0.05, 0) is 49.4 Å². The normalized spacial score (nSPS) is 62.5. The summed E-state index contributed by atoms with van der Waals surface area (Å²) >= 11 is 6.39. The van der Waals surface area contributed by atoms with E-state index in [-0.39, 0.29) is 0 Å². The zero-order chi connectivity index (χ0) is 8.29. The third kappa shape index (κ3) is 0.843. The fourth-order valence-electron chi connectivity index (χ4n) is 3.88. The second kappa shape index (κ2) is 2.39. The van der Waals surface area contributed by atoms with E-state index < -0.39 is 0 Å². The van der Waals surface area contributed by atoms with Crippen molar-refractivity contribution in [2.75, 3.05) is 0 Å². The molecule has 0 amide bonds. The third-order valence-corrected chi connectivity index (χ3v) is 5.06. The number of hydrogen-bond donors (Lipinski definition) is 1. The van der Waals surface area contributed by atoms with E-state index in [0.717, 1.165) is 17.8 Å². The quantitative estimate of drug-likeness (QED) is 0.574. The Morgan fingerprint density at radius 1 is 1.00 bits per heavy atom. The van der Waals surface area contributed by atoms with Gasteiger partial charge in [-0.25, -0.2) is 0 Å². The van der Waals surface area contributed by atoms with Crippen LogP contribution in [0.25, 0.3) is 0 Å². The molecule has 4 fully saturated rings. The zero-order valence-corrected chi connectivity index (χ0v) is 8.00. The third-order valence-electron chi connectivity index (χ3n) is 4.38. The lowest BCUT2D eigenvalue weighted by atomic mass is 9.54. The molecule has 0 aromatic heterocycles. The first-order chi connectivity index (χ1) is 5.75. The lowest BCUT2D eigenvalue weighted by molar-refractivity contribution is 0.00473. The summed E-state index contributed by atoms with van der Waals surface area (Å²) in [5, 5.41) is 0.410. The monoisotopic (exact) mass is 185 g/mol. The first-order valence-electron chi connectivity index (χ1n) is 5.15. The second-order valence-corrected chi connectivity index (χ2v) is 5.52. The van der Waals surface area contributed by atoms with E-state index in [1.165, 1.54) is 25.7 Å². The topological polar surface area (TPSA) is 26.0 Å². The molecule has 2 N–H and O–H groups in total. The maximum Gasteiger partial charge on any atom is 0.0407 e. The van der Waals surface area contributed by atoms with Gasteiger partial charge in [0.15, 0.2) is 0 Å². The van der Waals surface area contributed by atoms with Crippen molar-refractivity contribution in [1.82, 2.24) is 0 Å². The van der Waals surface area contributed by atoms with E-state index in [1.807, 2.05) is 0 Å². The van der Waals surface area contributed by atoms with Crippen LogP contribution in [0, 0.1) is 23.7 Å². The van der Waals surface area contributed by atoms with Crippen molar-refractivity contribution in [3.63, 3.8) is 0 Å². The highest BCUT2D eigenvalue weighted by Gasteiger charge is 2.51. The minimum absolute atomic E-state index is 0.410. The van der Waals surface area contributed by atoms with Crippen LogP contribution in [0.2, 0.25) is 0 Å². The van der Waals surface area contributed by atoms with E-state index >= 15 is 0 Å². The summed E-state index contributed by atoms with van der Waals surface area (Å²) < 4.78 is 0. The van der Waals surface area contributed by atoms with Crippen molar-refractivity contribution >= 4 is 11.6 Å². The fraction of sp³-hybridized carbons (Fsp3) is 1.00. The van der Waals surface area contributed by atoms with E-state index in [0.29, 0.717) is 17.3 Å². The van der Waals surface area contributed by atoms with Gasteiger partial charge in [0.1, 0.15) is 0 Å². The highest BCUT2D eigenvalue weighted by Crippen LogP contribution is 2.54. The molecule has 0 radical (unpaired) electrons. The molecule has 2 heteroatoms. The van der Waals surface area contributed by atoms with Gasteiger partial charge in [-0.15, -0.1) is 11.6 Å². The SMILES string of the molecule is N[C@@H]1[C@@H]2C[C@H]3C[C@@H](C2)[C@H](Cl)[C@@H]1C3. The van der Waals surface area contributed by atoms with Crippen LogP contribution in [0.1, 0.15) is 25.7 Å². The minimum atomic E-state index is 0.410. The molecule has 12 heavy (non-hydrogen) atoms. The Kier molecular flexibility index (Phi) is 1.52. The van der Waals surface area contributed by atoms with Crippen LogP contribution in [0.5, 0.6) is 0 Å². The summed E-state index contributed by atoms with van der Waals surface area (Å²) in [4.78, 5) is 0. The lowest BCUT2D eigenvalue weighted by Crippen LogP contribution is -2.57. The molecule has 68 valence electrons. The highest BCUT2D eigenvalue weighted by molar-refractivity contribution is 6.21. The van der Waals surface area contributed by atoms with Gasteiger partial charge in [-0.1, -0.05) is 0 Å². The molecule has 4 aliphatic carbocycles. The molecule has 1 nitrogen and oxygen atoms in total. The molecule has 4 bridgehead atoms. The molecular formula is C10H16ClN. The molecule has 4 rings (SSSR count). The van der Waals surface area contributed by atoms with Crippen molar-refractivity contribution in [2.45, 2.75) is 37.1 Å². The van der Waals surface area contributed by atoms with Gasteiger partial charge in [0, 0.05) is 11.4 Å². The lowest BCUT2D eigenvalue weighted by Gasteiger charge is -2.55. The summed E-state index contributed by atoms with van der Waals surface area (Å²) in [6.45, 7) is 0. The Morgan fingerprint density at radius 3 is 2.58 bits per heavy atom. The van der Waals surface area contributed by atoms with Gasteiger partial charge < -0.3 is 5.73 Å². The highest BCUT2D eigenvalue weighted by atomic mass is 35.5. The molecule has 0 unspecified atom stereocenters. The largest absolute Gasteiger partial charge is 0.327 e. The van der Waals surface area contributed by atoms with Crippen LogP contribution < -0.4 is 5.73 Å². The van der Waals surface area contributed by atoms with Gasteiger partial charge in [0.05, 0.1) is 0 Å². The molecular weight excluding hydrogens is 170 g/mol. The Morgan fingerprint density at radius 2 is 1.75 bits per heavy atom. The maximum absolute atomic E-state index is 6.39. The summed E-state index contributed by atoms with van der Waals surface area (Å²) in [6, 6.07) is 0.431. The Balaban J connectivity index is 1.93. The van der Waals surface area contributed by atoms with Crippen LogP contribution in [0.15, 0.2) is 0 Å². The number of alkyl halides is 1. The van der Waals surface area contributed by atoms with Gasteiger partial charge in [0.25, 0.3) is 0 Å². The summed E-state index contributed by atoms with van der Waals surface area (Å²) in [6.07, 6.45) is 5.44. The molecule has 4 saturated carbocycles. The van der Waals surface area contributed by atoms with Crippen molar-refractivity contribution in [3.05, 3.63) is 0 Å². The Labute approximate surface area is 78.6 Å². The molecule has 0 heterocycles. The van der Waals surface area contributed by atoms with Crippen molar-refractivity contribution in [3.8, 4) is 0 Å². The number of hydrogen-bond acceptors (Lipinski definition) is 1. The molecule has 0 spiro atoms. The second-order valence-electron chi connectivity index (χ2n) is 5.01. The first-order valence-corrected chi connectivity index (χ1v) is 5.59. The van der Waals surface area contributed by atoms with E-state index in [1.54, 1.807) is 0 Å². The smallest absolute Gasteiger partial charge is 0.0407 e. The average Bonchev–Trinajstić information content (AvgIpc) is 2.07. The summed E-state index contributed by atoms with van der Waals surface area (Å²) in [7, 11) is 0. The summed E-state index contributed by atoms with van der Waals surface area (Å²) in [5.74, 6) is 3.27. The van der Waals surface area contributed by atoms with Gasteiger partial charge in [0.2, 0.25) is 0 Å². The molecule has 4 aliphatic rings. The van der Waals surface area contributed by atoms with Gasteiger partial charge in [-0.2, -0.15) is 0 Å². The van der Waals surface area contributed by atoms with Crippen LogP contribution in [-0.2, 0) is 0 Å². The van der Waals surface area contributed by atoms with Crippen LogP contribution >= 0.6 is 11.6 Å². The van der Waals surface area contributed by atoms with Crippen molar-refractivity contribution in [2.24, 2.45) is 29.4 Å². The Bertz CT molecular complexity index is 188. The zero-order valence-electron chi connectivity index (χ0n) is 7.25. The van der Waals surface area contributed by atoms with E-state index in [2.05, 4.69) is 0 Å². The molecule has 0 aromatic rings. The van der Waals surface area contributed by atoms with Gasteiger partial charge in [-0.3, -0.25) is 0 Å². The standard InChI is InChI=1S/C10H16ClN/c11-9-6-1-5-2-7(4-6)10(12)8(9)3-5/h5-10H,1-4,12H2/t5-,6+,7-,8+,9+,10-/m1/s1. The van der Waals surface area contributed by atoms with E-state index in [9.17, 15) is 0 Å².